The molecule has 0 atom stereocenters. The number of halogens is 1. The number of nitrogens with zero attached hydrogens (tertiary/aromatic N) is 1. The van der Waals surface area contributed by atoms with Crippen molar-refractivity contribution < 1.29 is 9.59 Å². The molecule has 28 heavy (non-hydrogen) atoms. The molecule has 2 rings (SSSR count). The van der Waals surface area contributed by atoms with Gasteiger partial charge in [0.2, 0.25) is 5.91 Å². The first-order valence-corrected chi connectivity index (χ1v) is 10.00. The van der Waals surface area contributed by atoms with Gasteiger partial charge in [-0.2, -0.15) is 0 Å². The van der Waals surface area contributed by atoms with Gasteiger partial charge in [-0.3, -0.25) is 14.5 Å². The molecule has 0 aliphatic rings. The molecule has 0 aromatic heterocycles. The summed E-state index contributed by atoms with van der Waals surface area (Å²) in [6.07, 6.45) is 0.235. The van der Waals surface area contributed by atoms with Crippen LogP contribution in [0.1, 0.15) is 41.8 Å². The Morgan fingerprint density at radius 3 is 2.11 bits per heavy atom. The highest BCUT2D eigenvalue weighted by Crippen LogP contribution is 2.09. The van der Waals surface area contributed by atoms with Crippen LogP contribution in [-0.4, -0.2) is 36.3 Å². The summed E-state index contributed by atoms with van der Waals surface area (Å²) in [6.45, 7) is 8.08. The number of carbonyl (C=O) groups is 2. The molecule has 0 bridgehead atoms. The van der Waals surface area contributed by atoms with Crippen molar-refractivity contribution in [2.24, 2.45) is 0 Å². The van der Waals surface area contributed by atoms with Gasteiger partial charge < -0.3 is 10.6 Å². The largest absolute Gasteiger partial charge is 0.352 e. The van der Waals surface area contributed by atoms with Gasteiger partial charge in [0.15, 0.2) is 0 Å². The average molecular weight is 402 g/mol. The lowest BCUT2D eigenvalue weighted by atomic mass is 10.1. The fourth-order valence-electron chi connectivity index (χ4n) is 2.75. The lowest BCUT2D eigenvalue weighted by Crippen LogP contribution is -2.30. The van der Waals surface area contributed by atoms with Crippen LogP contribution in [0.15, 0.2) is 48.5 Å². The lowest BCUT2D eigenvalue weighted by Gasteiger charge is -2.18. The Labute approximate surface area is 172 Å². The van der Waals surface area contributed by atoms with Crippen molar-refractivity contribution >= 4 is 23.4 Å². The van der Waals surface area contributed by atoms with Crippen molar-refractivity contribution in [1.29, 1.82) is 0 Å². The van der Waals surface area contributed by atoms with Crippen molar-refractivity contribution in [3.05, 3.63) is 70.2 Å². The summed E-state index contributed by atoms with van der Waals surface area (Å²) in [7, 11) is 0. The topological polar surface area (TPSA) is 61.4 Å². The van der Waals surface area contributed by atoms with Crippen molar-refractivity contribution in [1.82, 2.24) is 15.5 Å². The fourth-order valence-corrected chi connectivity index (χ4v) is 2.88. The smallest absolute Gasteiger partial charge is 0.251 e. The quantitative estimate of drug-likeness (QED) is 0.639. The fraction of sp³-hybridized carbons (Fsp3) is 0.364. The standard InChI is InChI=1S/C22H28ClN3O2/c1-3-26(4-2)16-18-7-5-17(6-8-18)15-25-21(27)13-14-24-22(28)19-9-11-20(23)12-10-19/h5-12H,3-4,13-16H2,1-2H3,(H,24,28)(H,25,27). The average Bonchev–Trinajstić information content (AvgIpc) is 2.71. The molecule has 0 radical (unpaired) electrons. The summed E-state index contributed by atoms with van der Waals surface area (Å²) >= 11 is 5.80. The van der Waals surface area contributed by atoms with Crippen LogP contribution in [0.4, 0.5) is 0 Å². The Balaban J connectivity index is 1.69. The third kappa shape index (κ3) is 7.33. The van der Waals surface area contributed by atoms with E-state index in [0.29, 0.717) is 17.1 Å². The van der Waals surface area contributed by atoms with Gasteiger partial charge in [0.1, 0.15) is 0 Å². The van der Waals surface area contributed by atoms with Crippen molar-refractivity contribution in [2.75, 3.05) is 19.6 Å². The van der Waals surface area contributed by atoms with E-state index in [4.69, 9.17) is 11.6 Å². The SMILES string of the molecule is CCN(CC)Cc1ccc(CNC(=O)CCNC(=O)c2ccc(Cl)cc2)cc1. The number of carbonyl (C=O) groups excluding carboxylic acids is 2. The number of rotatable bonds is 10. The van der Waals surface area contributed by atoms with Gasteiger partial charge in [-0.25, -0.2) is 0 Å². The molecule has 0 aliphatic carbocycles. The van der Waals surface area contributed by atoms with Gasteiger partial charge in [0, 0.05) is 36.6 Å². The zero-order chi connectivity index (χ0) is 20.4. The molecular weight excluding hydrogens is 374 g/mol. The number of hydrogen-bond acceptors (Lipinski definition) is 3. The van der Waals surface area contributed by atoms with Gasteiger partial charge in [-0.05, 0) is 48.5 Å². The van der Waals surface area contributed by atoms with Gasteiger partial charge in [0.05, 0.1) is 0 Å². The second kappa shape index (κ2) is 11.5. The van der Waals surface area contributed by atoms with Crippen LogP contribution in [0.2, 0.25) is 5.02 Å². The number of nitrogens with one attached hydrogen (secondary N) is 2. The van der Waals surface area contributed by atoms with Crippen LogP contribution in [0.3, 0.4) is 0 Å². The predicted molar refractivity (Wildman–Crippen MR) is 113 cm³/mol. The lowest BCUT2D eigenvalue weighted by molar-refractivity contribution is -0.121. The summed E-state index contributed by atoms with van der Waals surface area (Å²) in [5.74, 6) is -0.308. The minimum Gasteiger partial charge on any atom is -0.352 e. The van der Waals surface area contributed by atoms with Crippen LogP contribution in [0.5, 0.6) is 0 Å². The monoisotopic (exact) mass is 401 g/mol. The van der Waals surface area contributed by atoms with Crippen LogP contribution in [-0.2, 0) is 17.9 Å². The summed E-state index contributed by atoms with van der Waals surface area (Å²) in [6, 6.07) is 14.9. The van der Waals surface area contributed by atoms with Crippen LogP contribution in [0, 0.1) is 0 Å². The van der Waals surface area contributed by atoms with E-state index >= 15 is 0 Å². The highest BCUT2D eigenvalue weighted by Gasteiger charge is 2.07. The molecule has 0 saturated carbocycles. The number of amides is 2. The molecule has 6 heteroatoms. The Morgan fingerprint density at radius 1 is 0.893 bits per heavy atom. The first-order valence-electron chi connectivity index (χ1n) is 9.62. The summed E-state index contributed by atoms with van der Waals surface area (Å²) in [4.78, 5) is 26.3. The van der Waals surface area contributed by atoms with Crippen molar-refractivity contribution in [2.45, 2.75) is 33.4 Å². The molecule has 5 nitrogen and oxygen atoms in total. The first-order chi connectivity index (χ1) is 13.5. The van der Waals surface area contributed by atoms with Crippen molar-refractivity contribution in [3.63, 3.8) is 0 Å². The summed E-state index contributed by atoms with van der Waals surface area (Å²) in [5, 5.41) is 6.20. The third-order valence-electron chi connectivity index (χ3n) is 4.56. The molecule has 0 spiro atoms. The van der Waals surface area contributed by atoms with E-state index < -0.39 is 0 Å². The van der Waals surface area contributed by atoms with Crippen molar-refractivity contribution in [3.8, 4) is 0 Å². The van der Waals surface area contributed by atoms with E-state index in [1.807, 2.05) is 12.1 Å². The highest BCUT2D eigenvalue weighted by molar-refractivity contribution is 6.30. The van der Waals surface area contributed by atoms with E-state index in [1.165, 1.54) is 5.56 Å². The van der Waals surface area contributed by atoms with Crippen LogP contribution >= 0.6 is 11.6 Å². The second-order valence-electron chi connectivity index (χ2n) is 6.57. The van der Waals surface area contributed by atoms with E-state index in [9.17, 15) is 9.59 Å². The van der Waals surface area contributed by atoms with E-state index in [0.717, 1.165) is 25.2 Å². The molecule has 0 unspecified atom stereocenters. The van der Waals surface area contributed by atoms with Gasteiger partial charge in [-0.1, -0.05) is 49.7 Å². The molecule has 2 aromatic rings. The molecule has 2 amide bonds. The van der Waals surface area contributed by atoms with Crippen LogP contribution in [0.25, 0.3) is 0 Å². The summed E-state index contributed by atoms with van der Waals surface area (Å²) in [5.41, 5.74) is 2.85. The van der Waals surface area contributed by atoms with Gasteiger partial charge in [-0.15, -0.1) is 0 Å². The normalized spacial score (nSPS) is 10.7. The molecule has 0 saturated heterocycles. The maximum atomic E-state index is 12.0. The maximum absolute atomic E-state index is 12.0. The minimum atomic E-state index is -0.215. The molecule has 0 aliphatic heterocycles. The highest BCUT2D eigenvalue weighted by atomic mass is 35.5. The summed E-state index contributed by atoms with van der Waals surface area (Å²) < 4.78 is 0. The Hall–Kier alpha value is -2.37. The predicted octanol–water partition coefficient (Wildman–Crippen LogP) is 3.62. The number of benzene rings is 2. The molecule has 150 valence electrons. The first kappa shape index (κ1) is 21.9. The minimum absolute atomic E-state index is 0.0939. The Bertz CT molecular complexity index is 756. The molecule has 2 aromatic carbocycles. The maximum Gasteiger partial charge on any atom is 0.251 e. The zero-order valence-corrected chi connectivity index (χ0v) is 17.3. The van der Waals surface area contributed by atoms with E-state index in [1.54, 1.807) is 24.3 Å². The Kier molecular flexibility index (Phi) is 8.98. The van der Waals surface area contributed by atoms with Gasteiger partial charge >= 0.3 is 0 Å². The van der Waals surface area contributed by atoms with Crippen LogP contribution < -0.4 is 10.6 Å². The second-order valence-corrected chi connectivity index (χ2v) is 7.00. The third-order valence-corrected chi connectivity index (χ3v) is 4.81. The molecule has 0 heterocycles. The molecular formula is C22H28ClN3O2. The Morgan fingerprint density at radius 2 is 1.50 bits per heavy atom. The number of hydrogen-bond donors (Lipinski definition) is 2. The zero-order valence-electron chi connectivity index (χ0n) is 16.5. The molecule has 0 fully saturated rings. The van der Waals surface area contributed by atoms with Gasteiger partial charge in [0.25, 0.3) is 5.91 Å². The molecule has 2 N–H and O–H groups in total. The van der Waals surface area contributed by atoms with E-state index in [-0.39, 0.29) is 24.8 Å². The van der Waals surface area contributed by atoms with E-state index in [2.05, 4.69) is 41.5 Å².